The summed E-state index contributed by atoms with van der Waals surface area (Å²) in [5.41, 5.74) is 0. The van der Waals surface area contributed by atoms with E-state index in [1.54, 1.807) is 0 Å². The van der Waals surface area contributed by atoms with Gasteiger partial charge in [0.2, 0.25) is 5.91 Å². The highest BCUT2D eigenvalue weighted by Gasteiger charge is 2.24. The van der Waals surface area contributed by atoms with Gasteiger partial charge in [0.15, 0.2) is 0 Å². The van der Waals surface area contributed by atoms with E-state index >= 15 is 0 Å². The van der Waals surface area contributed by atoms with Crippen molar-refractivity contribution >= 4 is 17.8 Å². The molecule has 57 heavy (non-hydrogen) atoms. The maximum absolute atomic E-state index is 13.0. The average Bonchev–Trinajstić information content (AvgIpc) is 3.20. The van der Waals surface area contributed by atoms with Crippen molar-refractivity contribution in [3.8, 4) is 0 Å². The van der Waals surface area contributed by atoms with E-state index in [4.69, 9.17) is 9.47 Å². The maximum Gasteiger partial charge on any atom is 0.307 e. The zero-order chi connectivity index (χ0) is 41.3. The molecule has 0 bridgehead atoms. The van der Waals surface area contributed by atoms with E-state index in [-0.39, 0.29) is 43.8 Å². The first-order valence-electron chi connectivity index (χ1n) is 24.9. The van der Waals surface area contributed by atoms with Crippen LogP contribution < -0.4 is 5.32 Å². The van der Waals surface area contributed by atoms with E-state index in [0.29, 0.717) is 19.1 Å². The summed E-state index contributed by atoms with van der Waals surface area (Å²) in [7, 11) is 0. The molecule has 8 heteroatoms. The summed E-state index contributed by atoms with van der Waals surface area (Å²) in [6, 6.07) is -0.649. The van der Waals surface area contributed by atoms with Gasteiger partial charge in [-0.25, -0.2) is 0 Å². The van der Waals surface area contributed by atoms with Gasteiger partial charge in [-0.1, -0.05) is 206 Å². The Morgan fingerprint density at radius 2 is 0.807 bits per heavy atom. The smallest absolute Gasteiger partial charge is 0.307 e. The number of aliphatic hydroxyl groups is 1. The molecular weight excluding hydrogens is 713 g/mol. The van der Waals surface area contributed by atoms with Crippen LogP contribution in [0.2, 0.25) is 0 Å². The molecule has 1 heterocycles. The van der Waals surface area contributed by atoms with Crippen LogP contribution in [0.3, 0.4) is 0 Å². The Morgan fingerprint density at radius 1 is 0.509 bits per heavy atom. The van der Waals surface area contributed by atoms with E-state index in [1.807, 2.05) is 0 Å². The Morgan fingerprint density at radius 3 is 1.11 bits per heavy atom. The molecule has 0 radical (unpaired) electrons. The number of hydrogen-bond acceptors (Lipinski definition) is 7. The van der Waals surface area contributed by atoms with Crippen molar-refractivity contribution in [2.45, 2.75) is 251 Å². The van der Waals surface area contributed by atoms with E-state index in [0.717, 1.165) is 64.5 Å². The minimum absolute atomic E-state index is 0.0364. The van der Waals surface area contributed by atoms with Crippen LogP contribution in [0.25, 0.3) is 0 Å². The number of rotatable bonds is 42. The minimum atomic E-state index is -0.649. The third-order valence-electron chi connectivity index (χ3n) is 12.0. The number of ether oxygens (including phenoxy) is 2. The lowest BCUT2D eigenvalue weighted by molar-refractivity contribution is -0.146. The lowest BCUT2D eigenvalue weighted by atomic mass is 9.98. The van der Waals surface area contributed by atoms with Crippen LogP contribution in [-0.2, 0) is 23.9 Å². The topological polar surface area (TPSA) is 105 Å². The fourth-order valence-electron chi connectivity index (χ4n) is 8.17. The van der Waals surface area contributed by atoms with Gasteiger partial charge in [-0.05, 0) is 44.7 Å². The summed E-state index contributed by atoms with van der Waals surface area (Å²) in [5, 5.41) is 12.4. The first-order valence-corrected chi connectivity index (χ1v) is 24.9. The Balaban J connectivity index is 2.21. The van der Waals surface area contributed by atoms with Crippen molar-refractivity contribution in [1.82, 2.24) is 10.2 Å². The molecule has 1 amide bonds. The van der Waals surface area contributed by atoms with Gasteiger partial charge in [-0.3, -0.25) is 19.3 Å². The van der Waals surface area contributed by atoms with Gasteiger partial charge < -0.3 is 19.9 Å². The van der Waals surface area contributed by atoms with Crippen molar-refractivity contribution in [3.05, 3.63) is 0 Å². The fourth-order valence-corrected chi connectivity index (χ4v) is 8.17. The third-order valence-corrected chi connectivity index (χ3v) is 12.0. The van der Waals surface area contributed by atoms with Gasteiger partial charge in [0.25, 0.3) is 0 Å². The van der Waals surface area contributed by atoms with Crippen LogP contribution in [0.1, 0.15) is 245 Å². The number of amides is 1. The van der Waals surface area contributed by atoms with Gasteiger partial charge in [0.1, 0.15) is 0 Å². The minimum Gasteiger partial charge on any atom is -0.466 e. The van der Waals surface area contributed by atoms with Crippen molar-refractivity contribution in [2.24, 2.45) is 5.92 Å². The van der Waals surface area contributed by atoms with Gasteiger partial charge in [0, 0.05) is 12.6 Å². The number of esters is 2. The van der Waals surface area contributed by atoms with Crippen molar-refractivity contribution in [2.75, 3.05) is 39.5 Å². The zero-order valence-corrected chi connectivity index (χ0v) is 37.8. The highest BCUT2D eigenvalue weighted by atomic mass is 16.5. The Labute approximate surface area is 352 Å². The molecule has 0 aromatic rings. The molecule has 1 aliphatic heterocycles. The predicted octanol–water partition coefficient (Wildman–Crippen LogP) is 12.6. The maximum atomic E-state index is 13.0. The van der Waals surface area contributed by atoms with Gasteiger partial charge in [-0.2, -0.15) is 0 Å². The Bertz CT molecular complexity index is 856. The third kappa shape index (κ3) is 36.0. The molecule has 0 aliphatic carbocycles. The van der Waals surface area contributed by atoms with E-state index in [1.165, 1.54) is 167 Å². The van der Waals surface area contributed by atoms with Crippen molar-refractivity contribution < 1.29 is 29.0 Å². The summed E-state index contributed by atoms with van der Waals surface area (Å²) in [6.07, 6.45) is 43.1. The summed E-state index contributed by atoms with van der Waals surface area (Å²) in [4.78, 5) is 40.7. The van der Waals surface area contributed by atoms with Crippen molar-refractivity contribution in [1.29, 1.82) is 0 Å². The molecule has 2 N–H and O–H groups in total. The predicted molar refractivity (Wildman–Crippen MR) is 238 cm³/mol. The molecule has 0 aromatic heterocycles. The van der Waals surface area contributed by atoms with Crippen molar-refractivity contribution in [3.63, 3.8) is 0 Å². The van der Waals surface area contributed by atoms with Crippen LogP contribution in [-0.4, -0.2) is 73.3 Å². The highest BCUT2D eigenvalue weighted by molar-refractivity contribution is 5.81. The number of nitrogens with zero attached hydrogens (tertiary/aromatic N) is 1. The standard InChI is InChI=1S/C49H94N2O6/c1-3-5-7-9-11-13-15-17-19-21-23-25-27-29-31-33-39-56-48(54)41-46(50-47(53)43-51-37-35-45(44-52)36-38-51)42-49(55)57-40-34-32-30-28-26-24-22-20-18-16-14-12-10-8-6-4-2/h45-46,52H,3-44H2,1-2H3,(H,50,53). The molecule has 0 aromatic carbocycles. The second-order valence-electron chi connectivity index (χ2n) is 17.6. The Kier molecular flexibility index (Phi) is 38.4. The molecule has 336 valence electrons. The van der Waals surface area contributed by atoms with Crippen LogP contribution in [0.5, 0.6) is 0 Å². The number of carbonyl (C=O) groups is 3. The first-order chi connectivity index (χ1) is 28.0. The molecule has 0 saturated carbocycles. The molecule has 0 atom stereocenters. The van der Waals surface area contributed by atoms with Crippen LogP contribution in [0.15, 0.2) is 0 Å². The fraction of sp³-hybridized carbons (Fsp3) is 0.939. The number of aliphatic hydroxyl groups excluding tert-OH is 1. The van der Waals surface area contributed by atoms with E-state index < -0.39 is 6.04 Å². The van der Waals surface area contributed by atoms with Gasteiger partial charge >= 0.3 is 11.9 Å². The molecule has 0 unspecified atom stereocenters. The normalized spacial score (nSPS) is 13.7. The highest BCUT2D eigenvalue weighted by Crippen LogP contribution is 2.18. The van der Waals surface area contributed by atoms with Crippen LogP contribution in [0, 0.1) is 5.92 Å². The Hall–Kier alpha value is -1.67. The molecule has 1 saturated heterocycles. The lowest BCUT2D eigenvalue weighted by Crippen LogP contribution is -2.46. The van der Waals surface area contributed by atoms with Gasteiger partial charge in [0.05, 0.1) is 32.6 Å². The number of hydrogen-bond donors (Lipinski definition) is 2. The van der Waals surface area contributed by atoms with E-state index in [2.05, 4.69) is 24.1 Å². The molecule has 1 aliphatic rings. The second kappa shape index (κ2) is 41.1. The number of nitrogens with one attached hydrogen (secondary N) is 1. The molecular formula is C49H94N2O6. The van der Waals surface area contributed by atoms with Crippen LogP contribution >= 0.6 is 0 Å². The second-order valence-corrected chi connectivity index (χ2v) is 17.6. The SMILES string of the molecule is CCCCCCCCCCCCCCCCCCOC(=O)CC(CC(=O)OCCCCCCCCCCCCCCCCCC)NC(=O)CN1CCC(CO)CC1. The number of likely N-dealkylation sites (tertiary alicyclic amines) is 1. The lowest BCUT2D eigenvalue weighted by Gasteiger charge is -2.30. The summed E-state index contributed by atoms with van der Waals surface area (Å²) >= 11 is 0. The number of piperidine rings is 1. The van der Waals surface area contributed by atoms with Crippen LogP contribution in [0.4, 0.5) is 0 Å². The monoisotopic (exact) mass is 807 g/mol. The van der Waals surface area contributed by atoms with E-state index in [9.17, 15) is 19.5 Å². The average molecular weight is 807 g/mol. The molecule has 0 spiro atoms. The number of unbranched alkanes of at least 4 members (excludes halogenated alkanes) is 30. The van der Waals surface area contributed by atoms with Gasteiger partial charge in [-0.15, -0.1) is 0 Å². The largest absolute Gasteiger partial charge is 0.466 e. The summed E-state index contributed by atoms with van der Waals surface area (Å²) in [5.74, 6) is -0.657. The summed E-state index contributed by atoms with van der Waals surface area (Å²) < 4.78 is 11.1. The molecule has 8 nitrogen and oxygen atoms in total. The quantitative estimate of drug-likeness (QED) is 0.0467. The first kappa shape index (κ1) is 53.3. The molecule has 1 fully saturated rings. The molecule has 1 rings (SSSR count). The zero-order valence-electron chi connectivity index (χ0n) is 37.8. The number of carbonyl (C=O) groups excluding carboxylic acids is 3. The summed E-state index contributed by atoms with van der Waals surface area (Å²) in [6.45, 7) is 7.22.